The van der Waals surface area contributed by atoms with E-state index in [1.807, 2.05) is 12.4 Å². The number of nitrogens with zero attached hydrogens (tertiary/aromatic N) is 2. The van der Waals surface area contributed by atoms with E-state index in [9.17, 15) is 0 Å². The van der Waals surface area contributed by atoms with Crippen molar-refractivity contribution >= 4 is 10.9 Å². The highest BCUT2D eigenvalue weighted by atomic mass is 16.5. The molecular weight excluding hydrogens is 236 g/mol. The van der Waals surface area contributed by atoms with Crippen LogP contribution in [0.5, 0.6) is 0 Å². The zero-order valence-electron chi connectivity index (χ0n) is 12.0. The van der Waals surface area contributed by atoms with Gasteiger partial charge < -0.3 is 9.30 Å². The van der Waals surface area contributed by atoms with Crippen LogP contribution >= 0.6 is 0 Å². The minimum absolute atomic E-state index is 0.115. The van der Waals surface area contributed by atoms with E-state index < -0.39 is 0 Å². The lowest BCUT2D eigenvalue weighted by Gasteiger charge is -2.40. The molecule has 3 heterocycles. The fourth-order valence-electron chi connectivity index (χ4n) is 3.06. The summed E-state index contributed by atoms with van der Waals surface area (Å²) in [6, 6.07) is 2.13. The average Bonchev–Trinajstić information content (AvgIpc) is 2.76. The Bertz CT molecular complexity index is 583. The predicted octanol–water partition coefficient (Wildman–Crippen LogP) is 3.69. The summed E-state index contributed by atoms with van der Waals surface area (Å²) >= 11 is 0. The molecule has 0 saturated carbocycles. The van der Waals surface area contributed by atoms with Crippen molar-refractivity contribution in [1.29, 1.82) is 0 Å². The first-order chi connectivity index (χ1) is 9.15. The molecule has 1 aliphatic heterocycles. The number of aromatic nitrogens is 2. The zero-order valence-corrected chi connectivity index (χ0v) is 12.0. The Hall–Kier alpha value is -1.35. The molecule has 3 nitrogen and oxygen atoms in total. The van der Waals surface area contributed by atoms with Gasteiger partial charge in [-0.15, -0.1) is 0 Å². The van der Waals surface area contributed by atoms with Gasteiger partial charge in [0.15, 0.2) is 0 Å². The quantitative estimate of drug-likeness (QED) is 0.836. The Kier molecular flexibility index (Phi) is 3.09. The van der Waals surface area contributed by atoms with Gasteiger partial charge in [-0.2, -0.15) is 0 Å². The fraction of sp³-hybridized carbons (Fsp3) is 0.562. The molecule has 0 N–H and O–H groups in total. The van der Waals surface area contributed by atoms with Gasteiger partial charge in [0.1, 0.15) is 0 Å². The lowest BCUT2D eigenvalue weighted by atomic mass is 9.97. The molecule has 0 aromatic carbocycles. The minimum Gasteiger partial charge on any atom is -0.376 e. The molecule has 3 rings (SSSR count). The lowest BCUT2D eigenvalue weighted by Crippen LogP contribution is -2.48. The van der Waals surface area contributed by atoms with E-state index in [2.05, 4.69) is 42.6 Å². The van der Waals surface area contributed by atoms with Crippen molar-refractivity contribution in [2.75, 3.05) is 13.2 Å². The third-order valence-corrected chi connectivity index (χ3v) is 4.30. The Balaban J connectivity index is 2.13. The van der Waals surface area contributed by atoms with Gasteiger partial charge in [-0.25, -0.2) is 0 Å². The molecule has 1 fully saturated rings. The number of rotatable bonds is 4. The van der Waals surface area contributed by atoms with Gasteiger partial charge in [-0.3, -0.25) is 4.98 Å². The van der Waals surface area contributed by atoms with E-state index in [0.29, 0.717) is 5.92 Å². The Morgan fingerprint density at radius 2 is 2.26 bits per heavy atom. The molecule has 1 saturated heterocycles. The molecule has 0 bridgehead atoms. The number of ether oxygens (including phenoxy) is 1. The van der Waals surface area contributed by atoms with Crippen molar-refractivity contribution in [1.82, 2.24) is 9.55 Å². The topological polar surface area (TPSA) is 27.1 Å². The molecule has 1 unspecified atom stereocenters. The SMILES string of the molecule is CCCC(C)c1cn(C2(C)COC2)c2ccncc12. The number of hydrogen-bond donors (Lipinski definition) is 0. The van der Waals surface area contributed by atoms with E-state index in [1.54, 1.807) is 0 Å². The maximum atomic E-state index is 5.42. The first-order valence-corrected chi connectivity index (χ1v) is 7.19. The summed E-state index contributed by atoms with van der Waals surface area (Å²) in [6.07, 6.45) is 8.66. The lowest BCUT2D eigenvalue weighted by molar-refractivity contribution is -0.0875. The van der Waals surface area contributed by atoms with E-state index in [1.165, 1.54) is 29.3 Å². The van der Waals surface area contributed by atoms with E-state index in [-0.39, 0.29) is 5.54 Å². The highest BCUT2D eigenvalue weighted by molar-refractivity contribution is 5.84. The summed E-state index contributed by atoms with van der Waals surface area (Å²) in [5.74, 6) is 0.586. The fourth-order valence-corrected chi connectivity index (χ4v) is 3.06. The van der Waals surface area contributed by atoms with Crippen LogP contribution in [0.2, 0.25) is 0 Å². The van der Waals surface area contributed by atoms with Crippen molar-refractivity contribution in [3.05, 3.63) is 30.2 Å². The normalized spacial score (nSPS) is 19.3. The molecule has 0 radical (unpaired) electrons. The van der Waals surface area contributed by atoms with E-state index >= 15 is 0 Å². The Labute approximate surface area is 114 Å². The van der Waals surface area contributed by atoms with Gasteiger partial charge in [0.2, 0.25) is 0 Å². The number of hydrogen-bond acceptors (Lipinski definition) is 2. The molecule has 102 valence electrons. The summed E-state index contributed by atoms with van der Waals surface area (Å²) in [5, 5.41) is 1.30. The van der Waals surface area contributed by atoms with E-state index in [0.717, 1.165) is 13.2 Å². The van der Waals surface area contributed by atoms with Crippen LogP contribution in [-0.4, -0.2) is 22.8 Å². The van der Waals surface area contributed by atoms with Crippen LogP contribution in [0.1, 0.15) is 45.1 Å². The second kappa shape index (κ2) is 4.64. The van der Waals surface area contributed by atoms with Crippen LogP contribution in [0.15, 0.2) is 24.7 Å². The molecule has 3 heteroatoms. The second-order valence-corrected chi connectivity index (χ2v) is 6.03. The smallest absolute Gasteiger partial charge is 0.0883 e. The summed E-state index contributed by atoms with van der Waals surface area (Å²) in [4.78, 5) is 4.31. The van der Waals surface area contributed by atoms with Crippen molar-refractivity contribution in [2.24, 2.45) is 0 Å². The average molecular weight is 258 g/mol. The Morgan fingerprint density at radius 3 is 2.89 bits per heavy atom. The van der Waals surface area contributed by atoms with Crippen LogP contribution in [0.4, 0.5) is 0 Å². The molecular formula is C16H22N2O. The van der Waals surface area contributed by atoms with E-state index in [4.69, 9.17) is 4.74 Å². The molecule has 1 aliphatic rings. The summed E-state index contributed by atoms with van der Waals surface area (Å²) in [5.41, 5.74) is 2.83. The molecule has 1 atom stereocenters. The van der Waals surface area contributed by atoms with Gasteiger partial charge in [-0.05, 0) is 30.9 Å². The third kappa shape index (κ3) is 1.96. The maximum absolute atomic E-state index is 5.42. The first kappa shape index (κ1) is 12.7. The van der Waals surface area contributed by atoms with Gasteiger partial charge >= 0.3 is 0 Å². The van der Waals surface area contributed by atoms with Gasteiger partial charge in [0, 0.05) is 24.0 Å². The molecule has 0 spiro atoms. The Morgan fingerprint density at radius 1 is 1.47 bits per heavy atom. The molecule has 19 heavy (non-hydrogen) atoms. The van der Waals surface area contributed by atoms with Crippen molar-refractivity contribution in [3.8, 4) is 0 Å². The number of pyridine rings is 1. The predicted molar refractivity (Wildman–Crippen MR) is 77.5 cm³/mol. The van der Waals surface area contributed by atoms with Crippen LogP contribution < -0.4 is 0 Å². The molecule has 0 aliphatic carbocycles. The minimum atomic E-state index is 0.115. The third-order valence-electron chi connectivity index (χ3n) is 4.30. The highest BCUT2D eigenvalue weighted by Crippen LogP contribution is 2.36. The van der Waals surface area contributed by atoms with Crippen LogP contribution in [0.3, 0.4) is 0 Å². The molecule has 0 amide bonds. The van der Waals surface area contributed by atoms with Gasteiger partial charge in [0.05, 0.1) is 24.3 Å². The molecule has 2 aromatic rings. The van der Waals surface area contributed by atoms with Crippen molar-refractivity contribution in [2.45, 2.75) is 45.1 Å². The number of fused-ring (bicyclic) bond motifs is 1. The molecule has 2 aromatic heterocycles. The van der Waals surface area contributed by atoms with Gasteiger partial charge in [-0.1, -0.05) is 20.3 Å². The van der Waals surface area contributed by atoms with Crippen LogP contribution in [0.25, 0.3) is 10.9 Å². The standard InChI is InChI=1S/C16H22N2O/c1-4-5-12(2)14-9-18(16(3)10-19-11-16)15-6-7-17-8-13(14)15/h6-9,12H,4-5,10-11H2,1-3H3. The first-order valence-electron chi connectivity index (χ1n) is 7.19. The monoisotopic (exact) mass is 258 g/mol. The summed E-state index contributed by atoms with van der Waals surface area (Å²) in [7, 11) is 0. The summed E-state index contributed by atoms with van der Waals surface area (Å²) in [6.45, 7) is 8.44. The highest BCUT2D eigenvalue weighted by Gasteiger charge is 2.36. The van der Waals surface area contributed by atoms with Crippen molar-refractivity contribution < 1.29 is 4.74 Å². The largest absolute Gasteiger partial charge is 0.376 e. The zero-order chi connectivity index (χ0) is 13.5. The summed E-state index contributed by atoms with van der Waals surface area (Å²) < 4.78 is 7.82. The van der Waals surface area contributed by atoms with Crippen LogP contribution in [0, 0.1) is 0 Å². The second-order valence-electron chi connectivity index (χ2n) is 6.03. The van der Waals surface area contributed by atoms with Gasteiger partial charge in [0.25, 0.3) is 0 Å². The van der Waals surface area contributed by atoms with Crippen LogP contribution in [-0.2, 0) is 10.3 Å². The maximum Gasteiger partial charge on any atom is 0.0883 e. The van der Waals surface area contributed by atoms with Crippen molar-refractivity contribution in [3.63, 3.8) is 0 Å².